The number of rotatable bonds is 5. The van der Waals surface area contributed by atoms with Gasteiger partial charge < -0.3 is 9.15 Å². The Morgan fingerprint density at radius 2 is 2.00 bits per heavy atom. The molecule has 3 rings (SSSR count). The normalized spacial score (nSPS) is 15.3. The average molecular weight is 298 g/mol. The van der Waals surface area contributed by atoms with Gasteiger partial charge in [-0.05, 0) is 62.1 Å². The summed E-state index contributed by atoms with van der Waals surface area (Å²) in [5, 5.41) is 3.85. The molecule has 0 radical (unpaired) electrons. The van der Waals surface area contributed by atoms with Gasteiger partial charge in [-0.15, -0.1) is 0 Å². The largest absolute Gasteiger partial charge is 0.490 e. The molecule has 1 amide bonds. The highest BCUT2D eigenvalue weighted by Crippen LogP contribution is 2.24. The molecule has 0 unspecified atom stereocenters. The summed E-state index contributed by atoms with van der Waals surface area (Å²) in [6.45, 7) is 0. The number of hydrogen-bond donors (Lipinski definition) is 1. The molecule has 0 saturated heterocycles. The molecule has 5 nitrogen and oxygen atoms in total. The number of nitrogens with zero attached hydrogens (tertiary/aromatic N) is 1. The van der Waals surface area contributed by atoms with Crippen LogP contribution >= 0.6 is 0 Å². The molecule has 1 aliphatic rings. The van der Waals surface area contributed by atoms with E-state index in [4.69, 9.17) is 9.15 Å². The lowest BCUT2D eigenvalue weighted by Gasteiger charge is -2.12. The molecule has 5 heteroatoms. The molecular weight excluding hydrogens is 280 g/mol. The summed E-state index contributed by atoms with van der Waals surface area (Å²) >= 11 is 0. The van der Waals surface area contributed by atoms with Crippen LogP contribution in [0.1, 0.15) is 41.8 Å². The van der Waals surface area contributed by atoms with Crippen molar-refractivity contribution < 1.29 is 13.9 Å². The molecule has 1 fully saturated rings. The van der Waals surface area contributed by atoms with Crippen LogP contribution in [0.5, 0.6) is 5.75 Å². The van der Waals surface area contributed by atoms with Crippen LogP contribution in [0.15, 0.2) is 52.2 Å². The minimum atomic E-state index is -0.268. The molecule has 0 spiro atoms. The Labute approximate surface area is 129 Å². The van der Waals surface area contributed by atoms with Crippen molar-refractivity contribution in [2.75, 3.05) is 0 Å². The molecule has 1 aromatic heterocycles. The zero-order valence-corrected chi connectivity index (χ0v) is 12.2. The van der Waals surface area contributed by atoms with Gasteiger partial charge in [0.15, 0.2) is 0 Å². The predicted molar refractivity (Wildman–Crippen MR) is 83.1 cm³/mol. The van der Waals surface area contributed by atoms with Crippen LogP contribution in [0.25, 0.3) is 0 Å². The smallest absolute Gasteiger partial charge is 0.271 e. The van der Waals surface area contributed by atoms with E-state index in [0.717, 1.165) is 18.6 Å². The predicted octanol–water partition coefficient (Wildman–Crippen LogP) is 3.36. The molecule has 1 N–H and O–H groups in total. The monoisotopic (exact) mass is 298 g/mol. The van der Waals surface area contributed by atoms with Gasteiger partial charge in [0.25, 0.3) is 5.91 Å². The summed E-state index contributed by atoms with van der Waals surface area (Å²) in [7, 11) is 0. The zero-order chi connectivity index (χ0) is 15.2. The van der Waals surface area contributed by atoms with E-state index in [-0.39, 0.29) is 5.91 Å². The van der Waals surface area contributed by atoms with Crippen molar-refractivity contribution in [3.05, 3.63) is 54.0 Å². The highest BCUT2D eigenvalue weighted by atomic mass is 16.5. The Hall–Kier alpha value is -2.56. The number of carbonyl (C=O) groups excluding carboxylic acids is 1. The number of amides is 1. The highest BCUT2D eigenvalue weighted by Gasteiger charge is 2.16. The van der Waals surface area contributed by atoms with E-state index >= 15 is 0 Å². The lowest BCUT2D eigenvalue weighted by Crippen LogP contribution is -2.17. The number of carbonyl (C=O) groups is 1. The van der Waals surface area contributed by atoms with E-state index in [1.54, 1.807) is 30.5 Å². The van der Waals surface area contributed by atoms with E-state index in [1.807, 2.05) is 12.1 Å². The minimum absolute atomic E-state index is 0.268. The molecule has 0 aliphatic heterocycles. The maximum Gasteiger partial charge on any atom is 0.271 e. The van der Waals surface area contributed by atoms with Gasteiger partial charge in [-0.1, -0.05) is 0 Å². The van der Waals surface area contributed by atoms with Gasteiger partial charge in [0.2, 0.25) is 0 Å². The lowest BCUT2D eigenvalue weighted by molar-refractivity contribution is 0.0955. The molecule has 114 valence electrons. The second kappa shape index (κ2) is 6.93. The van der Waals surface area contributed by atoms with Gasteiger partial charge in [-0.3, -0.25) is 4.79 Å². The van der Waals surface area contributed by atoms with Crippen molar-refractivity contribution >= 4 is 12.1 Å². The van der Waals surface area contributed by atoms with Crippen molar-refractivity contribution in [3.63, 3.8) is 0 Å². The maximum atomic E-state index is 11.9. The molecule has 1 heterocycles. The summed E-state index contributed by atoms with van der Waals surface area (Å²) < 4.78 is 10.9. The van der Waals surface area contributed by atoms with E-state index in [1.165, 1.54) is 19.1 Å². The van der Waals surface area contributed by atoms with E-state index in [0.29, 0.717) is 17.4 Å². The van der Waals surface area contributed by atoms with Crippen molar-refractivity contribution in [2.24, 2.45) is 5.10 Å². The van der Waals surface area contributed by atoms with E-state index < -0.39 is 0 Å². The first-order valence-corrected chi connectivity index (χ1v) is 7.45. The summed E-state index contributed by atoms with van der Waals surface area (Å²) in [5.41, 5.74) is 3.00. The van der Waals surface area contributed by atoms with Crippen molar-refractivity contribution in [1.29, 1.82) is 0 Å². The molecule has 1 saturated carbocycles. The molecule has 22 heavy (non-hydrogen) atoms. The van der Waals surface area contributed by atoms with Crippen LogP contribution in [0.4, 0.5) is 0 Å². The summed E-state index contributed by atoms with van der Waals surface area (Å²) in [6, 6.07) is 10.6. The Morgan fingerprint density at radius 1 is 1.23 bits per heavy atom. The fraction of sp³-hybridized carbons (Fsp3) is 0.294. The minimum Gasteiger partial charge on any atom is -0.490 e. The van der Waals surface area contributed by atoms with Crippen LogP contribution in [-0.2, 0) is 0 Å². The second-order valence-corrected chi connectivity index (χ2v) is 5.26. The van der Waals surface area contributed by atoms with Gasteiger partial charge in [-0.25, -0.2) is 5.43 Å². The number of nitrogens with one attached hydrogen (secondary N) is 1. The van der Waals surface area contributed by atoms with Gasteiger partial charge in [0.1, 0.15) is 11.5 Å². The van der Waals surface area contributed by atoms with Crippen LogP contribution in [-0.4, -0.2) is 18.2 Å². The van der Waals surface area contributed by atoms with Crippen molar-refractivity contribution in [3.8, 4) is 5.75 Å². The fourth-order valence-corrected chi connectivity index (χ4v) is 2.47. The van der Waals surface area contributed by atoms with E-state index in [2.05, 4.69) is 10.5 Å². The first kappa shape index (κ1) is 14.4. The van der Waals surface area contributed by atoms with Gasteiger partial charge in [0, 0.05) is 5.56 Å². The Bertz CT molecular complexity index is 626. The Morgan fingerprint density at radius 3 is 2.68 bits per heavy atom. The van der Waals surface area contributed by atoms with Crippen molar-refractivity contribution in [1.82, 2.24) is 5.43 Å². The quantitative estimate of drug-likeness (QED) is 0.680. The first-order valence-electron chi connectivity index (χ1n) is 7.45. The SMILES string of the molecule is O=C(N/N=C/c1ccco1)c1ccc(OC2CCCC2)cc1. The number of furan rings is 1. The molecule has 1 aromatic carbocycles. The number of benzene rings is 1. The Kier molecular flexibility index (Phi) is 4.53. The number of hydrazone groups is 1. The maximum absolute atomic E-state index is 11.9. The molecule has 0 atom stereocenters. The Balaban J connectivity index is 1.54. The standard InChI is InChI=1S/C17H18N2O3/c20-17(19-18-12-16-6-3-11-21-16)13-7-9-15(10-8-13)22-14-4-1-2-5-14/h3,6-12,14H,1-2,4-5H2,(H,19,20)/b18-12+. The third-order valence-electron chi connectivity index (χ3n) is 3.62. The number of hydrogen-bond acceptors (Lipinski definition) is 4. The summed E-state index contributed by atoms with van der Waals surface area (Å²) in [4.78, 5) is 11.9. The van der Waals surface area contributed by atoms with Gasteiger partial charge >= 0.3 is 0 Å². The summed E-state index contributed by atoms with van der Waals surface area (Å²) in [5.74, 6) is 1.12. The second-order valence-electron chi connectivity index (χ2n) is 5.26. The molecule has 1 aliphatic carbocycles. The lowest BCUT2D eigenvalue weighted by atomic mass is 10.2. The van der Waals surface area contributed by atoms with Crippen LogP contribution < -0.4 is 10.2 Å². The average Bonchev–Trinajstić information content (AvgIpc) is 3.21. The third kappa shape index (κ3) is 3.75. The van der Waals surface area contributed by atoms with Crippen molar-refractivity contribution in [2.45, 2.75) is 31.8 Å². The number of ether oxygens (including phenoxy) is 1. The van der Waals surface area contributed by atoms with E-state index in [9.17, 15) is 4.79 Å². The third-order valence-corrected chi connectivity index (χ3v) is 3.62. The van der Waals surface area contributed by atoms with Crippen LogP contribution in [0.3, 0.4) is 0 Å². The van der Waals surface area contributed by atoms with Gasteiger partial charge in [0.05, 0.1) is 18.6 Å². The van der Waals surface area contributed by atoms with Crippen LogP contribution in [0.2, 0.25) is 0 Å². The fourth-order valence-electron chi connectivity index (χ4n) is 2.47. The summed E-state index contributed by atoms with van der Waals surface area (Å²) in [6.07, 6.45) is 8.02. The topological polar surface area (TPSA) is 63.8 Å². The van der Waals surface area contributed by atoms with Crippen LogP contribution in [0, 0.1) is 0 Å². The molecular formula is C17H18N2O3. The molecule has 2 aromatic rings. The molecule has 0 bridgehead atoms. The zero-order valence-electron chi connectivity index (χ0n) is 12.2. The first-order chi connectivity index (χ1) is 10.8. The highest BCUT2D eigenvalue weighted by molar-refractivity contribution is 5.94. The van der Waals surface area contributed by atoms with Gasteiger partial charge in [-0.2, -0.15) is 5.10 Å².